The first kappa shape index (κ1) is 23.3. The molecule has 0 bridgehead atoms. The van der Waals surface area contributed by atoms with Gasteiger partial charge in [0.1, 0.15) is 5.75 Å². The number of hydrogen-bond acceptors (Lipinski definition) is 7. The number of rotatable bonds is 5. The molecule has 35 heavy (non-hydrogen) atoms. The van der Waals surface area contributed by atoms with E-state index in [9.17, 15) is 21.6 Å². The van der Waals surface area contributed by atoms with E-state index in [2.05, 4.69) is 20.0 Å². The van der Waals surface area contributed by atoms with E-state index >= 15 is 0 Å². The molecule has 1 aliphatic carbocycles. The zero-order valence-electron chi connectivity index (χ0n) is 17.8. The van der Waals surface area contributed by atoms with Gasteiger partial charge in [-0.25, -0.2) is 23.5 Å². The number of benzene rings is 2. The van der Waals surface area contributed by atoms with Crippen LogP contribution in [0.1, 0.15) is 10.4 Å². The van der Waals surface area contributed by atoms with Gasteiger partial charge >= 0.3 is 6.36 Å². The third kappa shape index (κ3) is 4.99. The number of anilines is 2. The molecule has 5 rings (SSSR count). The number of fused-ring (bicyclic) bond motifs is 3. The number of sulfonamides is 1. The number of primary sulfonamides is 1. The van der Waals surface area contributed by atoms with Crippen molar-refractivity contribution >= 4 is 33.0 Å². The van der Waals surface area contributed by atoms with Gasteiger partial charge in [0.2, 0.25) is 16.0 Å². The summed E-state index contributed by atoms with van der Waals surface area (Å²) in [7, 11) is -3.87. The Balaban J connectivity index is 1.50. The largest absolute Gasteiger partial charge is 0.573 e. The molecular formula is C23H17F3N4O3S2. The second kappa shape index (κ2) is 8.63. The van der Waals surface area contributed by atoms with Crippen molar-refractivity contribution in [3.8, 4) is 27.4 Å². The monoisotopic (exact) mass is 518 g/mol. The van der Waals surface area contributed by atoms with E-state index in [-0.39, 0.29) is 16.6 Å². The number of alkyl halides is 3. The lowest BCUT2D eigenvalue weighted by Crippen LogP contribution is -2.17. The summed E-state index contributed by atoms with van der Waals surface area (Å²) in [4.78, 5) is 10.5. The molecule has 180 valence electrons. The Morgan fingerprint density at radius 1 is 1.03 bits per heavy atom. The van der Waals surface area contributed by atoms with Gasteiger partial charge in [0, 0.05) is 32.8 Å². The molecule has 0 saturated heterocycles. The molecule has 0 spiro atoms. The Hall–Kier alpha value is -3.48. The van der Waals surface area contributed by atoms with Gasteiger partial charge < -0.3 is 10.1 Å². The van der Waals surface area contributed by atoms with Gasteiger partial charge in [0.25, 0.3) is 0 Å². The minimum Gasteiger partial charge on any atom is -0.405 e. The summed E-state index contributed by atoms with van der Waals surface area (Å²) >= 11 is 1.40. The Morgan fingerprint density at radius 3 is 2.60 bits per heavy atom. The first-order valence-corrected chi connectivity index (χ1v) is 12.7. The quantitative estimate of drug-likeness (QED) is 0.373. The van der Waals surface area contributed by atoms with Crippen LogP contribution in [0.3, 0.4) is 0 Å². The average molecular weight is 519 g/mol. The predicted molar refractivity (Wildman–Crippen MR) is 126 cm³/mol. The maximum atomic E-state index is 12.9. The van der Waals surface area contributed by atoms with E-state index in [1.165, 1.54) is 35.6 Å². The Kier molecular flexibility index (Phi) is 5.74. The molecule has 0 fully saturated rings. The lowest BCUT2D eigenvalue weighted by Gasteiger charge is -2.16. The van der Waals surface area contributed by atoms with E-state index < -0.39 is 16.4 Å². The van der Waals surface area contributed by atoms with Crippen LogP contribution in [-0.2, 0) is 22.9 Å². The molecule has 1 aliphatic rings. The van der Waals surface area contributed by atoms with Crippen molar-refractivity contribution in [2.45, 2.75) is 24.1 Å². The number of ether oxygens (including phenoxy) is 1. The first-order valence-electron chi connectivity index (χ1n) is 10.3. The van der Waals surface area contributed by atoms with Gasteiger partial charge in [-0.05, 0) is 54.8 Å². The van der Waals surface area contributed by atoms with Gasteiger partial charge in [-0.2, -0.15) is 0 Å². The number of hydrogen-bond donors (Lipinski definition) is 2. The molecule has 0 saturated carbocycles. The van der Waals surface area contributed by atoms with Crippen molar-refractivity contribution in [3.05, 3.63) is 71.2 Å². The molecule has 3 N–H and O–H groups in total. The zero-order chi connectivity index (χ0) is 24.8. The summed E-state index contributed by atoms with van der Waals surface area (Å²) in [5.74, 6) is -0.0182. The molecular weight excluding hydrogens is 501 g/mol. The zero-order valence-corrected chi connectivity index (χ0v) is 19.5. The summed E-state index contributed by atoms with van der Waals surface area (Å²) < 4.78 is 66.2. The maximum absolute atomic E-state index is 12.9. The molecule has 0 atom stereocenters. The molecule has 4 aromatic rings. The molecule has 0 amide bonds. The Morgan fingerprint density at radius 2 is 1.83 bits per heavy atom. The van der Waals surface area contributed by atoms with Crippen molar-refractivity contribution in [1.82, 2.24) is 9.97 Å². The highest BCUT2D eigenvalue weighted by Crippen LogP contribution is 2.44. The van der Waals surface area contributed by atoms with Crippen molar-refractivity contribution in [2.24, 2.45) is 5.14 Å². The van der Waals surface area contributed by atoms with Crippen LogP contribution in [0.4, 0.5) is 24.8 Å². The molecule has 0 unspecified atom stereocenters. The number of nitrogens with two attached hydrogens (primary N) is 1. The number of nitrogens with zero attached hydrogens (tertiary/aromatic N) is 2. The minimum atomic E-state index is -4.80. The van der Waals surface area contributed by atoms with Crippen molar-refractivity contribution < 1.29 is 26.3 Å². The molecule has 12 heteroatoms. The second-order valence-electron chi connectivity index (χ2n) is 7.76. The molecule has 0 aliphatic heterocycles. The van der Waals surface area contributed by atoms with Gasteiger partial charge in [-0.15, -0.1) is 24.5 Å². The van der Waals surface area contributed by atoms with Crippen LogP contribution in [0.5, 0.6) is 5.75 Å². The van der Waals surface area contributed by atoms with E-state index in [0.717, 1.165) is 16.0 Å². The Labute approximate surface area is 202 Å². The second-order valence-corrected chi connectivity index (χ2v) is 10.5. The van der Waals surface area contributed by atoms with Gasteiger partial charge in [0.15, 0.2) is 0 Å². The van der Waals surface area contributed by atoms with Crippen molar-refractivity contribution in [1.29, 1.82) is 0 Å². The number of para-hydroxylation sites is 1. The topological polar surface area (TPSA) is 107 Å². The molecule has 2 heterocycles. The van der Waals surface area contributed by atoms with E-state index in [1.54, 1.807) is 30.5 Å². The third-order valence-electron chi connectivity index (χ3n) is 5.35. The molecule has 0 radical (unpaired) electrons. The van der Waals surface area contributed by atoms with Crippen LogP contribution in [0, 0.1) is 0 Å². The average Bonchev–Trinajstić information content (AvgIpc) is 3.23. The van der Waals surface area contributed by atoms with Gasteiger partial charge in [-0.1, -0.05) is 18.2 Å². The normalized spacial score (nSPS) is 13.1. The van der Waals surface area contributed by atoms with Crippen molar-refractivity contribution in [3.63, 3.8) is 0 Å². The summed E-state index contributed by atoms with van der Waals surface area (Å²) in [6.45, 7) is 0. The van der Waals surface area contributed by atoms with Crippen LogP contribution in [0.25, 0.3) is 21.7 Å². The summed E-state index contributed by atoms with van der Waals surface area (Å²) in [6.07, 6.45) is -1.71. The summed E-state index contributed by atoms with van der Waals surface area (Å²) in [6, 6.07) is 13.8. The van der Waals surface area contributed by atoms with Crippen molar-refractivity contribution in [2.75, 3.05) is 5.32 Å². The highest BCUT2D eigenvalue weighted by atomic mass is 32.2. The van der Waals surface area contributed by atoms with Gasteiger partial charge in [0.05, 0.1) is 10.6 Å². The number of nitrogens with one attached hydrogen (secondary N) is 1. The number of aromatic nitrogens is 2. The number of halogens is 3. The molecule has 7 nitrogen and oxygen atoms in total. The lowest BCUT2D eigenvalue weighted by molar-refractivity contribution is -0.274. The summed E-state index contributed by atoms with van der Waals surface area (Å²) in [5.41, 5.74) is 3.18. The molecule has 2 aromatic carbocycles. The number of thiophene rings is 1. The van der Waals surface area contributed by atoms with E-state index in [0.29, 0.717) is 34.7 Å². The van der Waals surface area contributed by atoms with E-state index in [4.69, 9.17) is 5.14 Å². The van der Waals surface area contributed by atoms with Crippen LogP contribution in [-0.4, -0.2) is 24.7 Å². The molecule has 2 aromatic heterocycles. The predicted octanol–water partition coefficient (Wildman–Crippen LogP) is 5.26. The fourth-order valence-electron chi connectivity index (χ4n) is 3.84. The summed E-state index contributed by atoms with van der Waals surface area (Å²) in [5, 5.41) is 8.19. The highest BCUT2D eigenvalue weighted by molar-refractivity contribution is 7.89. The van der Waals surface area contributed by atoms with Crippen LogP contribution in [0.15, 0.2) is 65.7 Å². The fourth-order valence-corrected chi connectivity index (χ4v) is 5.59. The SMILES string of the molecule is NS(=O)(=O)c1cccc(Nc2ncc3c(n2)-c2cc(-c4ccccc4OC(F)(F)F)sc2CC3)c1. The first-order chi connectivity index (χ1) is 16.6. The fraction of sp³-hybridized carbons (Fsp3) is 0.130. The van der Waals surface area contributed by atoms with E-state index in [1.807, 2.05) is 6.07 Å². The van der Waals surface area contributed by atoms with Crippen LogP contribution in [0.2, 0.25) is 0 Å². The lowest BCUT2D eigenvalue weighted by atomic mass is 9.96. The van der Waals surface area contributed by atoms with Crippen LogP contribution >= 0.6 is 11.3 Å². The highest BCUT2D eigenvalue weighted by Gasteiger charge is 2.32. The third-order valence-corrected chi connectivity index (χ3v) is 7.49. The van der Waals surface area contributed by atoms with Crippen LogP contribution < -0.4 is 15.2 Å². The number of aryl methyl sites for hydroxylation is 2. The standard InChI is InChI=1S/C23H17F3N4O3S2/c24-23(25,26)33-18-7-2-1-6-16(18)20-11-17-19(34-20)9-8-13-12-28-22(30-21(13)17)29-14-4-3-5-15(10-14)35(27,31)32/h1-7,10-12H,8-9H2,(H2,27,31,32)(H,28,29,30). The smallest absolute Gasteiger partial charge is 0.405 e. The Bertz CT molecular complexity index is 1540. The maximum Gasteiger partial charge on any atom is 0.573 e. The van der Waals surface area contributed by atoms with Gasteiger partial charge in [-0.3, -0.25) is 0 Å². The minimum absolute atomic E-state index is 0.0510.